The Morgan fingerprint density at radius 1 is 1.24 bits per heavy atom. The Kier molecular flexibility index (Phi) is 7.82. The van der Waals surface area contributed by atoms with Crippen molar-refractivity contribution in [3.63, 3.8) is 0 Å². The monoisotopic (exact) mass is 537 g/mol. The second kappa shape index (κ2) is 11.2. The first-order chi connectivity index (χ1) is 18.2. The number of nitrogens with two attached hydrogens (primary N) is 1. The van der Waals surface area contributed by atoms with Gasteiger partial charge in [0.2, 0.25) is 0 Å². The first kappa shape index (κ1) is 26.5. The third-order valence-electron chi connectivity index (χ3n) is 5.35. The van der Waals surface area contributed by atoms with Crippen LogP contribution in [0.5, 0.6) is 5.75 Å². The number of nitrogens with zero attached hydrogens (tertiary/aromatic N) is 3. The largest absolute Gasteiger partial charge is 0.494 e. The Morgan fingerprint density at radius 3 is 2.66 bits per heavy atom. The summed E-state index contributed by atoms with van der Waals surface area (Å²) in [4.78, 5) is 33.6. The molecule has 3 aromatic heterocycles. The number of amides is 1. The molecule has 5 N–H and O–H groups in total. The summed E-state index contributed by atoms with van der Waals surface area (Å²) in [6, 6.07) is 5.10. The summed E-state index contributed by atoms with van der Waals surface area (Å²) >= 11 is 0.661. The normalized spacial score (nSPS) is 12.4. The SMILES string of the molecule is COc1cnc(C(F)F)cc1-c1cc(-n2ccc(N)cc2=O)ncc1C(=O)NC(=N)SC(=N)C#CC1CC1. The van der Waals surface area contributed by atoms with E-state index in [9.17, 15) is 18.4 Å². The van der Waals surface area contributed by atoms with Crippen LogP contribution in [0.15, 0.2) is 47.7 Å². The van der Waals surface area contributed by atoms with Gasteiger partial charge in [-0.2, -0.15) is 0 Å². The Labute approximate surface area is 219 Å². The molecule has 10 nitrogen and oxygen atoms in total. The van der Waals surface area contributed by atoms with E-state index in [4.69, 9.17) is 21.3 Å². The van der Waals surface area contributed by atoms with Crippen LogP contribution < -0.4 is 21.3 Å². The zero-order valence-corrected chi connectivity index (χ0v) is 20.7. The molecule has 1 amide bonds. The molecule has 1 fully saturated rings. The van der Waals surface area contributed by atoms with Crippen LogP contribution in [0.3, 0.4) is 0 Å². The number of carbonyl (C=O) groups excluding carboxylic acids is 1. The number of aromatic nitrogens is 3. The number of amidine groups is 1. The van der Waals surface area contributed by atoms with Crippen molar-refractivity contribution in [2.75, 3.05) is 12.8 Å². The van der Waals surface area contributed by atoms with Crippen molar-refractivity contribution >= 4 is 33.6 Å². The van der Waals surface area contributed by atoms with Gasteiger partial charge in [0, 0.05) is 41.2 Å². The van der Waals surface area contributed by atoms with Crippen LogP contribution in [0, 0.1) is 28.6 Å². The molecule has 3 heterocycles. The van der Waals surface area contributed by atoms with E-state index in [2.05, 4.69) is 27.1 Å². The molecule has 3 aromatic rings. The van der Waals surface area contributed by atoms with Crippen molar-refractivity contribution in [2.24, 2.45) is 5.92 Å². The molecule has 1 saturated carbocycles. The minimum absolute atomic E-state index is 0.0839. The van der Waals surface area contributed by atoms with Crippen molar-refractivity contribution in [2.45, 2.75) is 19.3 Å². The van der Waals surface area contributed by atoms with Gasteiger partial charge in [-0.3, -0.25) is 30.0 Å². The number of methoxy groups -OCH3 is 1. The van der Waals surface area contributed by atoms with Gasteiger partial charge in [-0.15, -0.1) is 0 Å². The molecule has 4 rings (SSSR count). The Bertz CT molecular complexity index is 1560. The van der Waals surface area contributed by atoms with Gasteiger partial charge < -0.3 is 15.8 Å². The standard InChI is InChI=1S/C25H21F2N7O3S/c1-37-19-12-31-18(23(26)27)9-16(19)15-10-21(34-7-6-14(28)8-22(34)35)32-11-17(15)24(36)33-25(30)38-20(29)5-4-13-2-3-13/h6-13,23,29H,2-3,28H2,1H3,(H2,30,33,36). The molecular weight excluding hydrogens is 516 g/mol. The highest BCUT2D eigenvalue weighted by Crippen LogP contribution is 2.35. The molecule has 0 saturated heterocycles. The van der Waals surface area contributed by atoms with Crippen LogP contribution in [0.2, 0.25) is 0 Å². The molecule has 0 spiro atoms. The van der Waals surface area contributed by atoms with Crippen LogP contribution in [-0.4, -0.2) is 37.8 Å². The van der Waals surface area contributed by atoms with Crippen LogP contribution >= 0.6 is 11.8 Å². The highest BCUT2D eigenvalue weighted by atomic mass is 32.2. The van der Waals surface area contributed by atoms with Gasteiger partial charge in [-0.1, -0.05) is 5.92 Å². The van der Waals surface area contributed by atoms with Gasteiger partial charge in [0.15, 0.2) is 5.17 Å². The number of hydrogen-bond acceptors (Lipinski definition) is 9. The van der Waals surface area contributed by atoms with Crippen molar-refractivity contribution in [3.8, 4) is 34.5 Å². The summed E-state index contributed by atoms with van der Waals surface area (Å²) in [6.07, 6.45) is 2.72. The maximum atomic E-state index is 13.5. The summed E-state index contributed by atoms with van der Waals surface area (Å²) < 4.78 is 33.4. The van der Waals surface area contributed by atoms with E-state index in [0.29, 0.717) is 11.8 Å². The van der Waals surface area contributed by atoms with Crippen molar-refractivity contribution in [1.29, 1.82) is 10.8 Å². The summed E-state index contributed by atoms with van der Waals surface area (Å²) in [7, 11) is 1.31. The van der Waals surface area contributed by atoms with E-state index in [-0.39, 0.29) is 50.1 Å². The number of pyridine rings is 3. The highest BCUT2D eigenvalue weighted by Gasteiger charge is 2.22. The second-order valence-corrected chi connectivity index (χ2v) is 9.15. The van der Waals surface area contributed by atoms with Crippen LogP contribution in [0.1, 0.15) is 35.3 Å². The summed E-state index contributed by atoms with van der Waals surface area (Å²) in [6.45, 7) is 0. The minimum atomic E-state index is -2.90. The molecule has 1 aliphatic carbocycles. The van der Waals surface area contributed by atoms with Gasteiger partial charge in [0.1, 0.15) is 22.3 Å². The number of carbonyl (C=O) groups is 1. The lowest BCUT2D eigenvalue weighted by Crippen LogP contribution is -2.29. The lowest BCUT2D eigenvalue weighted by atomic mass is 10.00. The van der Waals surface area contributed by atoms with Crippen molar-refractivity contribution in [1.82, 2.24) is 19.9 Å². The molecule has 0 atom stereocenters. The average molecular weight is 538 g/mol. The predicted molar refractivity (Wildman–Crippen MR) is 140 cm³/mol. The fourth-order valence-corrected chi connectivity index (χ4v) is 3.79. The quantitative estimate of drug-likeness (QED) is 0.220. The summed E-state index contributed by atoms with van der Waals surface area (Å²) in [5.41, 5.74) is 4.94. The van der Waals surface area contributed by atoms with Gasteiger partial charge in [0.25, 0.3) is 17.9 Å². The topological polar surface area (TPSA) is 160 Å². The number of thioether (sulfide) groups is 1. The molecule has 13 heteroatoms. The van der Waals surface area contributed by atoms with Crippen LogP contribution in [-0.2, 0) is 0 Å². The molecular formula is C25H21F2N7O3S. The van der Waals surface area contributed by atoms with E-state index < -0.39 is 23.6 Å². The van der Waals surface area contributed by atoms with E-state index in [1.807, 2.05) is 0 Å². The molecule has 0 bridgehead atoms. The van der Waals surface area contributed by atoms with Gasteiger partial charge in [-0.05, 0) is 48.7 Å². The fourth-order valence-electron chi connectivity index (χ4n) is 3.33. The fraction of sp³-hybridized carbons (Fsp3) is 0.200. The summed E-state index contributed by atoms with van der Waals surface area (Å²) in [5, 5.41) is 17.9. The number of nitrogens with one attached hydrogen (secondary N) is 3. The first-order valence-corrected chi connectivity index (χ1v) is 12.0. The molecule has 194 valence electrons. The molecule has 0 aliphatic heterocycles. The van der Waals surface area contributed by atoms with Gasteiger partial charge in [0.05, 0.1) is 18.9 Å². The number of alkyl halides is 2. The lowest BCUT2D eigenvalue weighted by Gasteiger charge is -2.16. The smallest absolute Gasteiger partial charge is 0.280 e. The van der Waals surface area contributed by atoms with Crippen LogP contribution in [0.4, 0.5) is 14.5 Å². The number of hydrogen-bond donors (Lipinski definition) is 4. The predicted octanol–water partition coefficient (Wildman–Crippen LogP) is 3.61. The number of halogens is 2. The number of anilines is 1. The van der Waals surface area contributed by atoms with Gasteiger partial charge >= 0.3 is 0 Å². The number of ether oxygens (including phenoxy) is 1. The van der Waals surface area contributed by atoms with Crippen molar-refractivity contribution < 1.29 is 18.3 Å². The second-order valence-electron chi connectivity index (χ2n) is 8.12. The molecule has 1 aliphatic rings. The number of nitrogen functional groups attached to an aromatic ring is 1. The Hall–Kier alpha value is -4.57. The summed E-state index contributed by atoms with van der Waals surface area (Å²) in [5.74, 6) is 5.21. The Morgan fingerprint density at radius 2 is 2.00 bits per heavy atom. The van der Waals surface area contributed by atoms with Gasteiger partial charge in [-0.25, -0.2) is 13.8 Å². The molecule has 0 aromatic carbocycles. The van der Waals surface area contributed by atoms with E-state index >= 15 is 0 Å². The third kappa shape index (κ3) is 6.22. The molecule has 0 radical (unpaired) electrons. The first-order valence-electron chi connectivity index (χ1n) is 11.1. The zero-order chi connectivity index (χ0) is 27.4. The molecule has 0 unspecified atom stereocenters. The lowest BCUT2D eigenvalue weighted by molar-refractivity contribution is 0.0978. The van der Waals surface area contributed by atoms with E-state index in [1.54, 1.807) is 0 Å². The van der Waals surface area contributed by atoms with Crippen LogP contribution in [0.25, 0.3) is 16.9 Å². The zero-order valence-electron chi connectivity index (χ0n) is 19.9. The van der Waals surface area contributed by atoms with E-state index in [1.165, 1.54) is 36.1 Å². The van der Waals surface area contributed by atoms with E-state index in [0.717, 1.165) is 31.3 Å². The number of rotatable bonds is 5. The molecule has 38 heavy (non-hydrogen) atoms. The maximum absolute atomic E-state index is 13.5. The highest BCUT2D eigenvalue weighted by molar-refractivity contribution is 8.26. The maximum Gasteiger partial charge on any atom is 0.280 e. The van der Waals surface area contributed by atoms with Crippen molar-refractivity contribution in [3.05, 3.63) is 64.5 Å². The average Bonchev–Trinajstić information content (AvgIpc) is 3.71. The minimum Gasteiger partial charge on any atom is -0.494 e. The Balaban J connectivity index is 1.75. The third-order valence-corrected chi connectivity index (χ3v) is 5.96.